The lowest BCUT2D eigenvalue weighted by atomic mass is 9.45. The zero-order valence-corrected chi connectivity index (χ0v) is 12.5. The van der Waals surface area contributed by atoms with Gasteiger partial charge in [-0.2, -0.15) is 0 Å². The monoisotopic (exact) mass is 254 g/mol. The van der Waals surface area contributed by atoms with Crippen molar-refractivity contribution in [3.05, 3.63) is 0 Å². The molecule has 2 heteroatoms. The van der Waals surface area contributed by atoms with Crippen molar-refractivity contribution >= 4 is 0 Å². The summed E-state index contributed by atoms with van der Waals surface area (Å²) < 4.78 is 0. The molecule has 0 radical (unpaired) electrons. The van der Waals surface area contributed by atoms with Crippen LogP contribution in [0, 0.1) is 22.7 Å². The normalized spacial score (nSPS) is 47.7. The van der Waals surface area contributed by atoms with Gasteiger partial charge in [-0.05, 0) is 61.7 Å². The van der Waals surface area contributed by atoms with Gasteiger partial charge in [0.2, 0.25) is 0 Å². The van der Waals surface area contributed by atoms with E-state index in [9.17, 15) is 10.2 Å². The van der Waals surface area contributed by atoms with E-state index in [1.54, 1.807) is 0 Å². The van der Waals surface area contributed by atoms with Crippen LogP contribution in [0.5, 0.6) is 0 Å². The molecule has 0 spiro atoms. The van der Waals surface area contributed by atoms with Crippen LogP contribution in [-0.2, 0) is 0 Å². The molecule has 0 aromatic heterocycles. The minimum atomic E-state index is -0.596. The lowest BCUT2D eigenvalue weighted by Crippen LogP contribution is -2.57. The quantitative estimate of drug-likeness (QED) is 0.793. The number of aliphatic hydroxyl groups excluding tert-OH is 1. The van der Waals surface area contributed by atoms with Gasteiger partial charge in [0, 0.05) is 6.61 Å². The molecule has 0 aromatic rings. The lowest BCUT2D eigenvalue weighted by molar-refractivity contribution is -0.171. The zero-order valence-electron chi connectivity index (χ0n) is 12.5. The third kappa shape index (κ3) is 2.12. The van der Waals surface area contributed by atoms with Gasteiger partial charge in [-0.15, -0.1) is 0 Å². The van der Waals surface area contributed by atoms with Crippen molar-refractivity contribution in [2.24, 2.45) is 22.7 Å². The first kappa shape index (κ1) is 14.3. The highest BCUT2D eigenvalue weighted by Crippen LogP contribution is 2.62. The summed E-state index contributed by atoms with van der Waals surface area (Å²) in [7, 11) is 0. The Bertz CT molecular complexity index is 308. The van der Waals surface area contributed by atoms with Crippen LogP contribution in [-0.4, -0.2) is 22.4 Å². The van der Waals surface area contributed by atoms with Crippen LogP contribution >= 0.6 is 0 Å². The minimum Gasteiger partial charge on any atom is -0.396 e. The topological polar surface area (TPSA) is 40.5 Å². The highest BCUT2D eigenvalue weighted by atomic mass is 16.3. The molecular formula is C16H30O2. The molecule has 0 unspecified atom stereocenters. The fraction of sp³-hybridized carbons (Fsp3) is 1.00. The Morgan fingerprint density at radius 2 is 1.72 bits per heavy atom. The van der Waals surface area contributed by atoms with E-state index in [4.69, 9.17) is 0 Å². The molecular weight excluding hydrogens is 224 g/mol. The zero-order chi connectivity index (χ0) is 13.6. The standard InChI is InChI=1S/C16H30O2/c1-14(2)8-5-9-15(3)12(14)6-10-16(4,18)13(15)7-11-17/h12-13,17-18H,5-11H2,1-4H3/t12-,13-,15-,16+/m0/s1. The van der Waals surface area contributed by atoms with Gasteiger partial charge in [0.25, 0.3) is 0 Å². The Labute approximate surface area is 112 Å². The third-order valence-electron chi connectivity index (χ3n) is 6.18. The third-order valence-corrected chi connectivity index (χ3v) is 6.18. The van der Waals surface area contributed by atoms with E-state index in [2.05, 4.69) is 20.8 Å². The largest absolute Gasteiger partial charge is 0.396 e. The van der Waals surface area contributed by atoms with E-state index in [0.29, 0.717) is 11.3 Å². The molecule has 0 aromatic carbocycles. The van der Waals surface area contributed by atoms with Crippen molar-refractivity contribution in [1.82, 2.24) is 0 Å². The molecule has 2 aliphatic rings. The van der Waals surface area contributed by atoms with Crippen LogP contribution in [0.1, 0.15) is 66.2 Å². The van der Waals surface area contributed by atoms with Crippen molar-refractivity contribution in [2.45, 2.75) is 71.8 Å². The molecule has 0 amide bonds. The van der Waals surface area contributed by atoms with E-state index < -0.39 is 5.60 Å². The van der Waals surface area contributed by atoms with Gasteiger partial charge in [-0.25, -0.2) is 0 Å². The van der Waals surface area contributed by atoms with Crippen molar-refractivity contribution in [1.29, 1.82) is 0 Å². The van der Waals surface area contributed by atoms with Crippen LogP contribution in [0.2, 0.25) is 0 Å². The van der Waals surface area contributed by atoms with Crippen molar-refractivity contribution in [3.8, 4) is 0 Å². The summed E-state index contributed by atoms with van der Waals surface area (Å²) in [6, 6.07) is 0. The van der Waals surface area contributed by atoms with E-state index in [-0.39, 0.29) is 17.9 Å². The molecule has 2 N–H and O–H groups in total. The number of fused-ring (bicyclic) bond motifs is 1. The molecule has 2 saturated carbocycles. The summed E-state index contributed by atoms with van der Waals surface area (Å²) in [5, 5.41) is 20.1. The van der Waals surface area contributed by atoms with E-state index in [1.165, 1.54) is 19.3 Å². The molecule has 0 bridgehead atoms. The summed E-state index contributed by atoms with van der Waals surface area (Å²) in [6.07, 6.45) is 6.55. The van der Waals surface area contributed by atoms with Crippen LogP contribution in [0.4, 0.5) is 0 Å². The van der Waals surface area contributed by atoms with E-state index in [0.717, 1.165) is 19.3 Å². The fourth-order valence-corrected chi connectivity index (χ4v) is 5.39. The smallest absolute Gasteiger partial charge is 0.0654 e. The first-order valence-corrected chi connectivity index (χ1v) is 7.57. The van der Waals surface area contributed by atoms with Gasteiger partial charge >= 0.3 is 0 Å². The highest BCUT2D eigenvalue weighted by molar-refractivity contribution is 5.07. The Morgan fingerprint density at radius 1 is 1.06 bits per heavy atom. The first-order chi connectivity index (χ1) is 8.24. The first-order valence-electron chi connectivity index (χ1n) is 7.57. The van der Waals surface area contributed by atoms with Gasteiger partial charge in [0.1, 0.15) is 0 Å². The molecule has 106 valence electrons. The predicted molar refractivity (Wildman–Crippen MR) is 74.3 cm³/mol. The molecule has 18 heavy (non-hydrogen) atoms. The minimum absolute atomic E-state index is 0.198. The van der Waals surface area contributed by atoms with Gasteiger partial charge in [0.15, 0.2) is 0 Å². The Kier molecular flexibility index (Phi) is 3.57. The molecule has 0 heterocycles. The lowest BCUT2D eigenvalue weighted by Gasteiger charge is -2.61. The average Bonchev–Trinajstić information content (AvgIpc) is 2.22. The summed E-state index contributed by atoms with van der Waals surface area (Å²) in [5.41, 5.74) is -0.00909. The second-order valence-corrected chi connectivity index (χ2v) is 7.86. The fourth-order valence-electron chi connectivity index (χ4n) is 5.39. The summed E-state index contributed by atoms with van der Waals surface area (Å²) in [6.45, 7) is 9.34. The SMILES string of the molecule is CC1(C)CCC[C@@]2(C)[C@H]1CC[C@@](C)(O)[C@H]2CCO. The van der Waals surface area contributed by atoms with Gasteiger partial charge < -0.3 is 10.2 Å². The second-order valence-electron chi connectivity index (χ2n) is 7.86. The van der Waals surface area contributed by atoms with Gasteiger partial charge in [-0.1, -0.05) is 27.2 Å². The maximum atomic E-state index is 10.7. The molecule has 2 aliphatic carbocycles. The number of hydrogen-bond acceptors (Lipinski definition) is 2. The summed E-state index contributed by atoms with van der Waals surface area (Å²) in [5.74, 6) is 0.934. The van der Waals surface area contributed by atoms with E-state index >= 15 is 0 Å². The number of rotatable bonds is 2. The van der Waals surface area contributed by atoms with Gasteiger partial charge in [0.05, 0.1) is 5.60 Å². The Morgan fingerprint density at radius 3 is 2.33 bits per heavy atom. The summed E-state index contributed by atoms with van der Waals surface area (Å²) in [4.78, 5) is 0. The maximum Gasteiger partial charge on any atom is 0.0654 e. The molecule has 2 fully saturated rings. The van der Waals surface area contributed by atoms with Crippen LogP contribution in [0.15, 0.2) is 0 Å². The molecule has 2 nitrogen and oxygen atoms in total. The molecule has 0 aliphatic heterocycles. The van der Waals surface area contributed by atoms with Crippen LogP contribution in [0.25, 0.3) is 0 Å². The van der Waals surface area contributed by atoms with E-state index in [1.807, 2.05) is 6.92 Å². The van der Waals surface area contributed by atoms with Crippen molar-refractivity contribution in [2.75, 3.05) is 6.61 Å². The number of aliphatic hydroxyl groups is 2. The Hall–Kier alpha value is -0.0800. The molecule has 0 saturated heterocycles. The van der Waals surface area contributed by atoms with Gasteiger partial charge in [-0.3, -0.25) is 0 Å². The van der Waals surface area contributed by atoms with Crippen LogP contribution < -0.4 is 0 Å². The highest BCUT2D eigenvalue weighted by Gasteiger charge is 2.57. The van der Waals surface area contributed by atoms with Crippen molar-refractivity contribution in [3.63, 3.8) is 0 Å². The predicted octanol–water partition coefficient (Wildman–Crippen LogP) is 3.36. The second kappa shape index (κ2) is 4.49. The summed E-state index contributed by atoms with van der Waals surface area (Å²) >= 11 is 0. The average molecular weight is 254 g/mol. The Balaban J connectivity index is 2.35. The van der Waals surface area contributed by atoms with Crippen molar-refractivity contribution < 1.29 is 10.2 Å². The van der Waals surface area contributed by atoms with Crippen LogP contribution in [0.3, 0.4) is 0 Å². The molecule has 4 atom stereocenters. The number of hydrogen-bond donors (Lipinski definition) is 2. The maximum absolute atomic E-state index is 10.7. The molecule has 2 rings (SSSR count).